The van der Waals surface area contributed by atoms with Crippen molar-refractivity contribution in [3.63, 3.8) is 0 Å². The molecule has 118 valence electrons. The Balaban J connectivity index is 3.02. The monoisotopic (exact) mass is 313 g/mol. The highest BCUT2D eigenvalue weighted by molar-refractivity contribution is 7.90. The number of hydrogen-bond donors (Lipinski definition) is 1. The molecule has 1 amide bonds. The van der Waals surface area contributed by atoms with Crippen LogP contribution in [0.1, 0.15) is 20.3 Å². The van der Waals surface area contributed by atoms with Gasteiger partial charge in [0.1, 0.15) is 6.54 Å². The van der Waals surface area contributed by atoms with Gasteiger partial charge < -0.3 is 5.32 Å². The van der Waals surface area contributed by atoms with E-state index in [1.165, 1.54) is 14.1 Å². The molecule has 0 saturated heterocycles. The Hall–Kier alpha value is -1.60. The lowest BCUT2D eigenvalue weighted by Crippen LogP contribution is -2.47. The van der Waals surface area contributed by atoms with Crippen molar-refractivity contribution in [2.24, 2.45) is 0 Å². The summed E-state index contributed by atoms with van der Waals surface area (Å²) in [5.74, 6) is -0.321. The number of hydrogen-bond acceptors (Lipinski definition) is 3. The second-order valence-electron chi connectivity index (χ2n) is 5.01. The van der Waals surface area contributed by atoms with E-state index in [-0.39, 0.29) is 18.5 Å². The highest BCUT2D eigenvalue weighted by Gasteiger charge is 2.27. The van der Waals surface area contributed by atoms with Gasteiger partial charge in [-0.2, -0.15) is 12.7 Å². The number of nitrogens with one attached hydrogen (secondary N) is 1. The normalized spacial score (nSPS) is 13.0. The van der Waals surface area contributed by atoms with Gasteiger partial charge in [-0.05, 0) is 25.5 Å². The van der Waals surface area contributed by atoms with Gasteiger partial charge in [0.25, 0.3) is 0 Å². The van der Waals surface area contributed by atoms with E-state index >= 15 is 0 Å². The van der Waals surface area contributed by atoms with Gasteiger partial charge in [-0.1, -0.05) is 25.1 Å². The third-order valence-electron chi connectivity index (χ3n) is 3.09. The topological polar surface area (TPSA) is 69.7 Å². The average molecular weight is 313 g/mol. The van der Waals surface area contributed by atoms with Crippen LogP contribution in [0, 0.1) is 0 Å². The van der Waals surface area contributed by atoms with Crippen molar-refractivity contribution in [3.05, 3.63) is 30.3 Å². The molecule has 0 aliphatic heterocycles. The van der Waals surface area contributed by atoms with Gasteiger partial charge in [0.15, 0.2) is 0 Å². The highest BCUT2D eigenvalue weighted by atomic mass is 32.2. The first-order valence-electron chi connectivity index (χ1n) is 6.83. The van der Waals surface area contributed by atoms with Gasteiger partial charge in [-0.25, -0.2) is 4.31 Å². The maximum atomic E-state index is 12.4. The third kappa shape index (κ3) is 4.71. The first-order chi connectivity index (χ1) is 9.78. The summed E-state index contributed by atoms with van der Waals surface area (Å²) in [6.45, 7) is 3.59. The molecule has 0 aliphatic rings. The Morgan fingerprint density at radius 1 is 1.24 bits per heavy atom. The number of amides is 1. The molecule has 0 fully saturated rings. The van der Waals surface area contributed by atoms with Crippen LogP contribution in [0.15, 0.2) is 30.3 Å². The van der Waals surface area contributed by atoms with Crippen LogP contribution >= 0.6 is 0 Å². The lowest BCUT2D eigenvalue weighted by molar-refractivity contribution is -0.120. The lowest BCUT2D eigenvalue weighted by atomic mass is 10.2. The third-order valence-corrected chi connectivity index (χ3v) is 4.91. The van der Waals surface area contributed by atoms with Gasteiger partial charge in [0, 0.05) is 20.1 Å². The minimum atomic E-state index is -3.72. The minimum absolute atomic E-state index is 0.0113. The summed E-state index contributed by atoms with van der Waals surface area (Å²) in [7, 11) is -0.839. The fourth-order valence-corrected chi connectivity index (χ4v) is 2.71. The van der Waals surface area contributed by atoms with Gasteiger partial charge in [0.2, 0.25) is 5.91 Å². The van der Waals surface area contributed by atoms with Crippen LogP contribution in [-0.4, -0.2) is 45.3 Å². The zero-order valence-corrected chi connectivity index (χ0v) is 13.7. The molecule has 1 aromatic rings. The maximum absolute atomic E-state index is 12.4. The molecular weight excluding hydrogens is 290 g/mol. The molecule has 21 heavy (non-hydrogen) atoms. The van der Waals surface area contributed by atoms with E-state index in [0.717, 1.165) is 15.0 Å². The van der Waals surface area contributed by atoms with Gasteiger partial charge in [-0.3, -0.25) is 4.79 Å². The Kier molecular flexibility index (Phi) is 6.17. The number of para-hydroxylation sites is 1. The summed E-state index contributed by atoms with van der Waals surface area (Å²) >= 11 is 0. The van der Waals surface area contributed by atoms with Crippen molar-refractivity contribution in [2.45, 2.75) is 26.3 Å². The van der Waals surface area contributed by atoms with E-state index in [4.69, 9.17) is 0 Å². The summed E-state index contributed by atoms with van der Waals surface area (Å²) < 4.78 is 27.0. The summed E-state index contributed by atoms with van der Waals surface area (Å²) in [6.07, 6.45) is 0.789. The first kappa shape index (κ1) is 17.5. The molecule has 1 aromatic carbocycles. The van der Waals surface area contributed by atoms with Gasteiger partial charge >= 0.3 is 10.2 Å². The minimum Gasteiger partial charge on any atom is -0.352 e. The Morgan fingerprint density at radius 3 is 2.29 bits per heavy atom. The fourth-order valence-electron chi connectivity index (χ4n) is 1.65. The number of carbonyl (C=O) groups is 1. The summed E-state index contributed by atoms with van der Waals surface area (Å²) in [4.78, 5) is 12.0. The molecule has 7 heteroatoms. The molecule has 0 radical (unpaired) electrons. The lowest BCUT2D eigenvalue weighted by Gasteiger charge is -2.27. The van der Waals surface area contributed by atoms with E-state index in [0.29, 0.717) is 5.69 Å². The number of benzene rings is 1. The Bertz CT molecular complexity index is 558. The van der Waals surface area contributed by atoms with Crippen LogP contribution < -0.4 is 9.62 Å². The quantitative estimate of drug-likeness (QED) is 0.823. The van der Waals surface area contributed by atoms with Crippen molar-refractivity contribution < 1.29 is 13.2 Å². The molecule has 0 bridgehead atoms. The van der Waals surface area contributed by atoms with Crippen LogP contribution in [0.4, 0.5) is 5.69 Å². The van der Waals surface area contributed by atoms with Crippen molar-refractivity contribution >= 4 is 21.8 Å². The molecule has 1 rings (SSSR count). The second-order valence-corrected chi connectivity index (χ2v) is 7.08. The Labute approximate surface area is 126 Å². The number of carbonyl (C=O) groups excluding carboxylic acids is 1. The number of rotatable bonds is 7. The van der Waals surface area contributed by atoms with Gasteiger partial charge in [0.05, 0.1) is 5.69 Å². The van der Waals surface area contributed by atoms with Crippen molar-refractivity contribution in [1.82, 2.24) is 9.62 Å². The van der Waals surface area contributed by atoms with Crippen LogP contribution in [0.25, 0.3) is 0 Å². The number of anilines is 1. The van der Waals surface area contributed by atoms with E-state index in [1.807, 2.05) is 13.8 Å². The summed E-state index contributed by atoms with van der Waals surface area (Å²) in [6, 6.07) is 8.61. The molecule has 0 saturated carbocycles. The molecule has 0 aromatic heterocycles. The van der Waals surface area contributed by atoms with E-state index < -0.39 is 10.2 Å². The smallest absolute Gasteiger partial charge is 0.304 e. The van der Waals surface area contributed by atoms with Crippen LogP contribution in [0.3, 0.4) is 0 Å². The zero-order chi connectivity index (χ0) is 16.0. The summed E-state index contributed by atoms with van der Waals surface area (Å²) in [5, 5.41) is 2.78. The fraction of sp³-hybridized carbons (Fsp3) is 0.500. The first-order valence-corrected chi connectivity index (χ1v) is 8.23. The molecule has 6 nitrogen and oxygen atoms in total. The standard InChI is InChI=1S/C14H23N3O3S/c1-5-12(2)15-14(18)11-17(21(19,20)16(3)4)13-9-7-6-8-10-13/h6-10,12H,5,11H2,1-4H3,(H,15,18)/t12-/m1/s1. The molecule has 0 spiro atoms. The van der Waals surface area contributed by atoms with Crippen LogP contribution in [-0.2, 0) is 15.0 Å². The largest absolute Gasteiger partial charge is 0.352 e. The molecule has 0 unspecified atom stereocenters. The highest BCUT2D eigenvalue weighted by Crippen LogP contribution is 2.18. The molecule has 1 N–H and O–H groups in total. The number of nitrogens with zero attached hydrogens (tertiary/aromatic N) is 2. The van der Waals surface area contributed by atoms with Gasteiger partial charge in [-0.15, -0.1) is 0 Å². The zero-order valence-electron chi connectivity index (χ0n) is 12.9. The predicted molar refractivity (Wildman–Crippen MR) is 84.3 cm³/mol. The predicted octanol–water partition coefficient (Wildman–Crippen LogP) is 1.21. The Morgan fingerprint density at radius 2 is 1.81 bits per heavy atom. The molecule has 1 atom stereocenters. The molecular formula is C14H23N3O3S. The second kappa shape index (κ2) is 7.42. The van der Waals surface area contributed by atoms with Crippen molar-refractivity contribution in [2.75, 3.05) is 24.9 Å². The van der Waals surface area contributed by atoms with Crippen LogP contribution in [0.2, 0.25) is 0 Å². The van der Waals surface area contributed by atoms with Crippen molar-refractivity contribution in [3.8, 4) is 0 Å². The summed E-state index contributed by atoms with van der Waals surface area (Å²) in [5.41, 5.74) is 0.463. The van der Waals surface area contributed by atoms with E-state index in [9.17, 15) is 13.2 Å². The maximum Gasteiger partial charge on any atom is 0.304 e. The SMILES string of the molecule is CC[C@@H](C)NC(=O)CN(c1ccccc1)S(=O)(=O)N(C)C. The molecule has 0 aliphatic carbocycles. The average Bonchev–Trinajstić information content (AvgIpc) is 2.45. The molecule has 0 heterocycles. The van der Waals surface area contributed by atoms with E-state index in [2.05, 4.69) is 5.32 Å². The van der Waals surface area contributed by atoms with Crippen molar-refractivity contribution in [1.29, 1.82) is 0 Å². The van der Waals surface area contributed by atoms with E-state index in [1.54, 1.807) is 30.3 Å². The van der Waals surface area contributed by atoms with Crippen LogP contribution in [0.5, 0.6) is 0 Å².